The zero-order valence-electron chi connectivity index (χ0n) is 14.5. The number of rotatable bonds is 7. The first kappa shape index (κ1) is 18.0. The maximum atomic E-state index is 11.9. The van der Waals surface area contributed by atoms with Gasteiger partial charge in [-0.25, -0.2) is 9.48 Å². The molecule has 0 aliphatic heterocycles. The van der Waals surface area contributed by atoms with Crippen LogP contribution in [0.1, 0.15) is 32.8 Å². The summed E-state index contributed by atoms with van der Waals surface area (Å²) in [7, 11) is 0. The van der Waals surface area contributed by atoms with E-state index in [1.54, 1.807) is 17.8 Å². The number of nitrogens with zero attached hydrogens (tertiary/aromatic N) is 2. The molecular formula is C18H26N4O2. The Morgan fingerprint density at radius 3 is 2.67 bits per heavy atom. The fourth-order valence-corrected chi connectivity index (χ4v) is 2.61. The van der Waals surface area contributed by atoms with Gasteiger partial charge in [0.25, 0.3) is 0 Å². The minimum atomic E-state index is -0.381. The lowest BCUT2D eigenvalue weighted by Gasteiger charge is -2.26. The van der Waals surface area contributed by atoms with E-state index in [1.807, 2.05) is 50.4 Å². The Hall–Kier alpha value is -2.34. The van der Waals surface area contributed by atoms with Crippen molar-refractivity contribution in [2.75, 3.05) is 6.54 Å². The van der Waals surface area contributed by atoms with Crippen molar-refractivity contribution < 1.29 is 9.90 Å². The molecule has 0 aliphatic carbocycles. The van der Waals surface area contributed by atoms with Crippen LogP contribution < -0.4 is 10.6 Å². The van der Waals surface area contributed by atoms with Gasteiger partial charge in [-0.1, -0.05) is 32.0 Å². The zero-order chi connectivity index (χ0) is 17.6. The average molecular weight is 330 g/mol. The van der Waals surface area contributed by atoms with Gasteiger partial charge < -0.3 is 15.7 Å². The number of carbonyl (C=O) groups excluding carboxylic acids is 1. The third-order valence-corrected chi connectivity index (χ3v) is 3.69. The van der Waals surface area contributed by atoms with Crippen molar-refractivity contribution >= 4 is 6.03 Å². The number of hydrogen-bond donors (Lipinski definition) is 3. The first-order chi connectivity index (χ1) is 11.4. The molecule has 2 amide bonds. The zero-order valence-corrected chi connectivity index (χ0v) is 14.5. The van der Waals surface area contributed by atoms with Gasteiger partial charge >= 0.3 is 6.03 Å². The van der Waals surface area contributed by atoms with Crippen LogP contribution in [0.25, 0.3) is 5.69 Å². The highest BCUT2D eigenvalue weighted by atomic mass is 16.3. The molecule has 0 spiro atoms. The molecule has 1 aromatic heterocycles. The Labute approximate surface area is 142 Å². The second-order valence-corrected chi connectivity index (χ2v) is 6.88. The van der Waals surface area contributed by atoms with E-state index in [-0.39, 0.29) is 17.6 Å². The van der Waals surface area contributed by atoms with Gasteiger partial charge in [0.05, 0.1) is 18.0 Å². The molecule has 0 fully saturated rings. The van der Waals surface area contributed by atoms with Crippen molar-refractivity contribution in [1.29, 1.82) is 0 Å². The maximum Gasteiger partial charge on any atom is 0.315 e. The van der Waals surface area contributed by atoms with Crippen LogP contribution in [-0.4, -0.2) is 33.6 Å². The van der Waals surface area contributed by atoms with Gasteiger partial charge in [0.15, 0.2) is 0 Å². The second-order valence-electron chi connectivity index (χ2n) is 6.88. The Morgan fingerprint density at radius 1 is 1.29 bits per heavy atom. The molecule has 1 aromatic carbocycles. The SMILES string of the molecule is CC(O)CC(C)(C)CNC(=O)NCc1cnn(-c2ccccc2)c1. The minimum Gasteiger partial charge on any atom is -0.393 e. The largest absolute Gasteiger partial charge is 0.393 e. The van der Waals surface area contributed by atoms with Crippen LogP contribution in [0.15, 0.2) is 42.7 Å². The number of hydrogen-bond acceptors (Lipinski definition) is 3. The highest BCUT2D eigenvalue weighted by molar-refractivity contribution is 5.73. The molecule has 1 heterocycles. The molecule has 2 aromatic rings. The van der Waals surface area contributed by atoms with Crippen molar-refractivity contribution in [3.8, 4) is 5.69 Å². The molecule has 0 aliphatic rings. The first-order valence-electron chi connectivity index (χ1n) is 8.14. The van der Waals surface area contributed by atoms with Gasteiger partial charge in [-0.3, -0.25) is 0 Å². The number of para-hydroxylation sites is 1. The molecule has 1 atom stereocenters. The molecular weight excluding hydrogens is 304 g/mol. The highest BCUT2D eigenvalue weighted by Crippen LogP contribution is 2.20. The predicted molar refractivity (Wildman–Crippen MR) is 93.9 cm³/mol. The molecule has 6 nitrogen and oxygen atoms in total. The summed E-state index contributed by atoms with van der Waals surface area (Å²) in [5.74, 6) is 0. The first-order valence-corrected chi connectivity index (χ1v) is 8.14. The minimum absolute atomic E-state index is 0.149. The smallest absolute Gasteiger partial charge is 0.315 e. The lowest BCUT2D eigenvalue weighted by molar-refractivity contribution is 0.129. The molecule has 0 saturated heterocycles. The monoisotopic (exact) mass is 330 g/mol. The Balaban J connectivity index is 1.79. The summed E-state index contributed by atoms with van der Waals surface area (Å²) in [4.78, 5) is 11.9. The molecule has 0 radical (unpaired) electrons. The summed E-state index contributed by atoms with van der Waals surface area (Å²) >= 11 is 0. The standard InChI is InChI=1S/C18H26N4O2/c1-14(23)9-18(2,3)13-20-17(24)19-10-15-11-21-22(12-15)16-7-5-4-6-8-16/h4-8,11-12,14,23H,9-10,13H2,1-3H3,(H2,19,20,24). The Morgan fingerprint density at radius 2 is 2.00 bits per heavy atom. The lowest BCUT2D eigenvalue weighted by Crippen LogP contribution is -2.41. The number of benzene rings is 1. The lowest BCUT2D eigenvalue weighted by atomic mass is 9.87. The van der Waals surface area contributed by atoms with Crippen LogP contribution >= 0.6 is 0 Å². The van der Waals surface area contributed by atoms with Crippen molar-refractivity contribution in [3.05, 3.63) is 48.3 Å². The molecule has 24 heavy (non-hydrogen) atoms. The van der Waals surface area contributed by atoms with E-state index in [0.717, 1.165) is 11.3 Å². The molecule has 2 rings (SSSR count). The average Bonchev–Trinajstić information content (AvgIpc) is 3.00. The van der Waals surface area contributed by atoms with Crippen molar-refractivity contribution in [2.45, 2.75) is 39.8 Å². The number of aliphatic hydroxyl groups excluding tert-OH is 1. The van der Waals surface area contributed by atoms with Crippen LogP contribution in [0, 0.1) is 5.41 Å². The molecule has 6 heteroatoms. The van der Waals surface area contributed by atoms with E-state index >= 15 is 0 Å². The normalized spacial score (nSPS) is 12.7. The number of nitrogens with one attached hydrogen (secondary N) is 2. The maximum absolute atomic E-state index is 11.9. The van der Waals surface area contributed by atoms with Crippen molar-refractivity contribution in [3.63, 3.8) is 0 Å². The topological polar surface area (TPSA) is 79.2 Å². The van der Waals surface area contributed by atoms with Gasteiger partial charge in [0, 0.05) is 24.8 Å². The summed E-state index contributed by atoms with van der Waals surface area (Å²) in [6.45, 7) is 6.71. The van der Waals surface area contributed by atoms with E-state index in [4.69, 9.17) is 0 Å². The summed E-state index contributed by atoms with van der Waals surface area (Å²) in [6, 6.07) is 9.59. The van der Waals surface area contributed by atoms with Crippen molar-refractivity contribution in [2.24, 2.45) is 5.41 Å². The third kappa shape index (κ3) is 5.70. The van der Waals surface area contributed by atoms with Crippen molar-refractivity contribution in [1.82, 2.24) is 20.4 Å². The quantitative estimate of drug-likeness (QED) is 0.730. The van der Waals surface area contributed by atoms with Gasteiger partial charge in [-0.05, 0) is 30.9 Å². The van der Waals surface area contributed by atoms with Gasteiger partial charge in [-0.15, -0.1) is 0 Å². The molecule has 0 bridgehead atoms. The third-order valence-electron chi connectivity index (χ3n) is 3.69. The highest BCUT2D eigenvalue weighted by Gasteiger charge is 2.21. The van der Waals surface area contributed by atoms with E-state index < -0.39 is 0 Å². The van der Waals surface area contributed by atoms with Crippen LogP contribution in [0.4, 0.5) is 4.79 Å². The van der Waals surface area contributed by atoms with E-state index in [1.165, 1.54) is 0 Å². The van der Waals surface area contributed by atoms with Crippen LogP contribution in [-0.2, 0) is 6.54 Å². The number of aromatic nitrogens is 2. The fourth-order valence-electron chi connectivity index (χ4n) is 2.61. The van der Waals surface area contributed by atoms with E-state index in [0.29, 0.717) is 19.5 Å². The van der Waals surface area contributed by atoms with Gasteiger partial charge in [-0.2, -0.15) is 5.10 Å². The second kappa shape index (κ2) is 7.97. The molecule has 1 unspecified atom stereocenters. The number of urea groups is 1. The van der Waals surface area contributed by atoms with E-state index in [2.05, 4.69) is 15.7 Å². The number of amides is 2. The summed E-state index contributed by atoms with van der Waals surface area (Å²) in [5, 5.41) is 19.4. The van der Waals surface area contributed by atoms with E-state index in [9.17, 15) is 9.90 Å². The summed E-state index contributed by atoms with van der Waals surface area (Å²) in [5.41, 5.74) is 1.76. The molecule has 130 valence electrons. The Kier molecular flexibility index (Phi) is 5.98. The fraction of sp³-hybridized carbons (Fsp3) is 0.444. The van der Waals surface area contributed by atoms with Crippen LogP contribution in [0.3, 0.4) is 0 Å². The predicted octanol–water partition coefficient (Wildman–Crippen LogP) is 2.47. The molecule has 0 saturated carbocycles. The number of carbonyl (C=O) groups is 1. The van der Waals surface area contributed by atoms with Crippen LogP contribution in [0.5, 0.6) is 0 Å². The Bertz CT molecular complexity index is 650. The van der Waals surface area contributed by atoms with Crippen LogP contribution in [0.2, 0.25) is 0 Å². The molecule has 3 N–H and O–H groups in total. The summed E-state index contributed by atoms with van der Waals surface area (Å²) < 4.78 is 1.78. The van der Waals surface area contributed by atoms with Gasteiger partial charge in [0.1, 0.15) is 0 Å². The summed E-state index contributed by atoms with van der Waals surface area (Å²) in [6.07, 6.45) is 3.89. The van der Waals surface area contributed by atoms with Gasteiger partial charge in [0.2, 0.25) is 0 Å². The number of aliphatic hydroxyl groups is 1.